The fourth-order valence-corrected chi connectivity index (χ4v) is 1.75. The number of hydrogen-bond donors (Lipinski definition) is 0. The molecule has 0 radical (unpaired) electrons. The van der Waals surface area contributed by atoms with E-state index in [0.29, 0.717) is 16.8 Å². The second-order valence-corrected chi connectivity index (χ2v) is 4.56. The molecule has 21 heavy (non-hydrogen) atoms. The molecule has 0 fully saturated rings. The van der Waals surface area contributed by atoms with Crippen LogP contribution in [-0.2, 0) is 18.5 Å². The van der Waals surface area contributed by atoms with Crippen LogP contribution in [0.2, 0.25) is 0 Å². The number of tetrazole rings is 1. The Morgan fingerprint density at radius 2 is 2.19 bits per heavy atom. The minimum Gasteiger partial charge on any atom is -0.391 e. The Labute approximate surface area is 121 Å². The highest BCUT2D eigenvalue weighted by Gasteiger charge is 2.14. The molecular formula is C14H15N5O2. The summed E-state index contributed by atoms with van der Waals surface area (Å²) in [6, 6.07) is 5.26. The maximum Gasteiger partial charge on any atom is 0.368 e. The first kappa shape index (κ1) is 14.5. The molecule has 0 saturated carbocycles. The molecule has 1 heterocycles. The molecule has 0 aliphatic rings. The van der Waals surface area contributed by atoms with Crippen molar-refractivity contribution in [2.24, 2.45) is 12.2 Å². The average molecular weight is 285 g/mol. The van der Waals surface area contributed by atoms with Crippen LogP contribution in [0.5, 0.6) is 0 Å². The lowest BCUT2D eigenvalue weighted by Gasteiger charge is -2.09. The second-order valence-electron chi connectivity index (χ2n) is 4.56. The first-order valence-corrected chi connectivity index (χ1v) is 6.25. The van der Waals surface area contributed by atoms with Crippen LogP contribution in [0.15, 0.2) is 28.1 Å². The van der Waals surface area contributed by atoms with E-state index in [1.54, 1.807) is 18.2 Å². The number of benzene rings is 1. The van der Waals surface area contributed by atoms with Crippen molar-refractivity contribution in [3.05, 3.63) is 39.8 Å². The monoisotopic (exact) mass is 285 g/mol. The van der Waals surface area contributed by atoms with Gasteiger partial charge in [-0.05, 0) is 36.4 Å². The van der Waals surface area contributed by atoms with Crippen LogP contribution in [0, 0.1) is 12.3 Å². The summed E-state index contributed by atoms with van der Waals surface area (Å²) in [6.45, 7) is 3.78. The third kappa shape index (κ3) is 3.00. The Balaban J connectivity index is 2.51. The van der Waals surface area contributed by atoms with Crippen LogP contribution in [0.3, 0.4) is 0 Å². The van der Waals surface area contributed by atoms with Crippen LogP contribution < -0.4 is 5.69 Å². The van der Waals surface area contributed by atoms with Crippen molar-refractivity contribution in [1.82, 2.24) is 19.8 Å². The lowest BCUT2D eigenvalue weighted by atomic mass is 10.1. The number of oxime groups is 1. The molecule has 0 amide bonds. The number of rotatable bonds is 4. The van der Waals surface area contributed by atoms with E-state index in [4.69, 9.17) is 11.3 Å². The summed E-state index contributed by atoms with van der Waals surface area (Å²) in [5.74, 6) is 2.57. The Morgan fingerprint density at radius 3 is 2.76 bits per heavy atom. The Kier molecular flexibility index (Phi) is 4.18. The van der Waals surface area contributed by atoms with Crippen molar-refractivity contribution >= 4 is 5.71 Å². The standard InChI is InChI=1S/C14H15N5O2/c1-5-11-7-6-8-13(12(11)9-21-15-10(2)3)19-14(20)18(4)16-17-19/h1,6-8H,9H2,2-4H3. The van der Waals surface area contributed by atoms with Gasteiger partial charge in [-0.1, -0.05) is 17.1 Å². The van der Waals surface area contributed by atoms with Crippen LogP contribution >= 0.6 is 0 Å². The normalized spacial score (nSPS) is 10.0. The van der Waals surface area contributed by atoms with E-state index >= 15 is 0 Å². The third-order valence-electron chi connectivity index (χ3n) is 2.71. The quantitative estimate of drug-likeness (QED) is 0.474. The van der Waals surface area contributed by atoms with E-state index in [2.05, 4.69) is 21.5 Å². The summed E-state index contributed by atoms with van der Waals surface area (Å²) < 4.78 is 2.32. The molecule has 1 aromatic carbocycles. The third-order valence-corrected chi connectivity index (χ3v) is 2.71. The fourth-order valence-electron chi connectivity index (χ4n) is 1.75. The number of aromatic nitrogens is 4. The molecule has 0 spiro atoms. The van der Waals surface area contributed by atoms with E-state index in [9.17, 15) is 4.79 Å². The molecule has 0 atom stereocenters. The summed E-state index contributed by atoms with van der Waals surface area (Å²) in [5.41, 5.74) is 2.24. The van der Waals surface area contributed by atoms with E-state index in [1.165, 1.54) is 11.7 Å². The van der Waals surface area contributed by atoms with Gasteiger partial charge in [-0.15, -0.1) is 6.42 Å². The molecule has 0 bridgehead atoms. The predicted octanol–water partition coefficient (Wildman–Crippen LogP) is 0.860. The summed E-state index contributed by atoms with van der Waals surface area (Å²) in [6.07, 6.45) is 5.50. The highest BCUT2D eigenvalue weighted by Crippen LogP contribution is 2.18. The second kappa shape index (κ2) is 6.05. The molecule has 0 N–H and O–H groups in total. The van der Waals surface area contributed by atoms with Crippen LogP contribution in [0.1, 0.15) is 25.0 Å². The molecule has 2 rings (SSSR count). The molecule has 7 heteroatoms. The van der Waals surface area contributed by atoms with Crippen molar-refractivity contribution in [3.8, 4) is 18.0 Å². The van der Waals surface area contributed by atoms with Gasteiger partial charge >= 0.3 is 5.69 Å². The van der Waals surface area contributed by atoms with Gasteiger partial charge in [0.1, 0.15) is 6.61 Å². The average Bonchev–Trinajstić information content (AvgIpc) is 2.79. The van der Waals surface area contributed by atoms with Crippen molar-refractivity contribution in [3.63, 3.8) is 0 Å². The number of terminal acetylenes is 1. The van der Waals surface area contributed by atoms with Gasteiger partial charge in [0.2, 0.25) is 0 Å². The molecule has 1 aromatic heterocycles. The fraction of sp³-hybridized carbons (Fsp3) is 0.286. The summed E-state index contributed by atoms with van der Waals surface area (Å²) >= 11 is 0. The topological polar surface area (TPSA) is 74.3 Å². The molecule has 0 unspecified atom stereocenters. The van der Waals surface area contributed by atoms with E-state index < -0.39 is 0 Å². The van der Waals surface area contributed by atoms with Gasteiger partial charge in [-0.25, -0.2) is 4.79 Å². The van der Waals surface area contributed by atoms with Gasteiger partial charge in [0, 0.05) is 18.2 Å². The number of aryl methyl sites for hydroxylation is 1. The maximum absolute atomic E-state index is 12.0. The van der Waals surface area contributed by atoms with Gasteiger partial charge in [0.05, 0.1) is 11.4 Å². The zero-order chi connectivity index (χ0) is 15.4. The Bertz CT molecular complexity index is 775. The van der Waals surface area contributed by atoms with E-state index in [1.807, 2.05) is 13.8 Å². The van der Waals surface area contributed by atoms with Crippen molar-refractivity contribution < 1.29 is 4.84 Å². The predicted molar refractivity (Wildman–Crippen MR) is 78.1 cm³/mol. The smallest absolute Gasteiger partial charge is 0.368 e. The Hall–Kier alpha value is -2.88. The number of nitrogens with zero attached hydrogens (tertiary/aromatic N) is 5. The molecule has 2 aromatic rings. The molecule has 0 aliphatic heterocycles. The molecule has 7 nitrogen and oxygen atoms in total. The summed E-state index contributed by atoms with van der Waals surface area (Å²) in [4.78, 5) is 17.2. The lowest BCUT2D eigenvalue weighted by molar-refractivity contribution is 0.130. The maximum atomic E-state index is 12.0. The van der Waals surface area contributed by atoms with Gasteiger partial charge in [-0.2, -0.15) is 9.36 Å². The van der Waals surface area contributed by atoms with Gasteiger partial charge in [0.25, 0.3) is 0 Å². The van der Waals surface area contributed by atoms with E-state index in [-0.39, 0.29) is 12.3 Å². The van der Waals surface area contributed by atoms with Crippen LogP contribution in [0.4, 0.5) is 0 Å². The highest BCUT2D eigenvalue weighted by molar-refractivity contribution is 5.78. The minimum absolute atomic E-state index is 0.143. The SMILES string of the molecule is C#Cc1cccc(-n2nnn(C)c2=O)c1CON=C(C)C. The van der Waals surface area contributed by atoms with Gasteiger partial charge < -0.3 is 4.84 Å². The molecular weight excluding hydrogens is 270 g/mol. The first-order chi connectivity index (χ1) is 10.0. The van der Waals surface area contributed by atoms with Crippen LogP contribution in [-0.4, -0.2) is 25.5 Å². The first-order valence-electron chi connectivity index (χ1n) is 6.25. The van der Waals surface area contributed by atoms with Crippen molar-refractivity contribution in [2.45, 2.75) is 20.5 Å². The zero-order valence-electron chi connectivity index (χ0n) is 12.1. The Morgan fingerprint density at radius 1 is 1.43 bits per heavy atom. The van der Waals surface area contributed by atoms with Crippen molar-refractivity contribution in [1.29, 1.82) is 0 Å². The molecule has 0 aliphatic carbocycles. The zero-order valence-corrected chi connectivity index (χ0v) is 12.1. The molecule has 108 valence electrons. The summed E-state index contributed by atoms with van der Waals surface area (Å²) in [5, 5.41) is 11.4. The minimum atomic E-state index is -0.361. The van der Waals surface area contributed by atoms with Crippen LogP contribution in [0.25, 0.3) is 5.69 Å². The molecule has 0 saturated heterocycles. The van der Waals surface area contributed by atoms with Crippen molar-refractivity contribution in [2.75, 3.05) is 0 Å². The van der Waals surface area contributed by atoms with Gasteiger partial charge in [0.15, 0.2) is 0 Å². The highest BCUT2D eigenvalue weighted by atomic mass is 16.6. The number of hydrogen-bond acceptors (Lipinski definition) is 5. The largest absolute Gasteiger partial charge is 0.391 e. The van der Waals surface area contributed by atoms with Gasteiger partial charge in [-0.3, -0.25) is 0 Å². The summed E-state index contributed by atoms with van der Waals surface area (Å²) in [7, 11) is 1.53. The lowest BCUT2D eigenvalue weighted by Crippen LogP contribution is -2.23. The van der Waals surface area contributed by atoms with E-state index in [0.717, 1.165) is 10.4 Å².